The lowest BCUT2D eigenvalue weighted by atomic mass is 9.95. The minimum absolute atomic E-state index is 0.0276. The van der Waals surface area contributed by atoms with Crippen molar-refractivity contribution in [1.29, 1.82) is 0 Å². The lowest BCUT2D eigenvalue weighted by Crippen LogP contribution is -2.26. The van der Waals surface area contributed by atoms with Crippen LogP contribution in [0.3, 0.4) is 0 Å². The maximum Gasteiger partial charge on any atom is 0.146 e. The first kappa shape index (κ1) is 15.9. The number of rotatable bonds is 4. The molecule has 4 rings (SSSR count). The van der Waals surface area contributed by atoms with Crippen LogP contribution >= 0.6 is 0 Å². The van der Waals surface area contributed by atoms with Gasteiger partial charge in [0.15, 0.2) is 0 Å². The van der Waals surface area contributed by atoms with E-state index in [4.69, 9.17) is 4.74 Å². The third-order valence-electron chi connectivity index (χ3n) is 5.01. The van der Waals surface area contributed by atoms with Crippen molar-refractivity contribution in [3.63, 3.8) is 0 Å². The molecule has 0 radical (unpaired) electrons. The first-order valence-electron chi connectivity index (χ1n) is 8.72. The summed E-state index contributed by atoms with van der Waals surface area (Å²) < 4.78 is 5.29. The van der Waals surface area contributed by atoms with Crippen LogP contribution in [0.15, 0.2) is 54.7 Å². The smallest absolute Gasteiger partial charge is 0.146 e. The fourth-order valence-electron chi connectivity index (χ4n) is 3.74. The first-order chi connectivity index (χ1) is 12.3. The molecule has 2 heterocycles. The molecule has 25 heavy (non-hydrogen) atoms. The van der Waals surface area contributed by atoms with Crippen molar-refractivity contribution in [1.82, 2.24) is 9.88 Å². The van der Waals surface area contributed by atoms with E-state index >= 15 is 0 Å². The summed E-state index contributed by atoms with van der Waals surface area (Å²) in [7, 11) is 1.67. The van der Waals surface area contributed by atoms with Crippen molar-refractivity contribution >= 4 is 10.9 Å². The molecule has 2 aromatic carbocycles. The Kier molecular flexibility index (Phi) is 4.28. The third-order valence-corrected chi connectivity index (χ3v) is 5.01. The molecule has 1 atom stereocenters. The second kappa shape index (κ2) is 6.73. The predicted molar refractivity (Wildman–Crippen MR) is 99.1 cm³/mol. The quantitative estimate of drug-likeness (QED) is 0.779. The lowest BCUT2D eigenvalue weighted by Gasteiger charge is -2.29. The Morgan fingerprint density at radius 1 is 1.04 bits per heavy atom. The fraction of sp³-hybridized carbons (Fsp3) is 0.286. The maximum atomic E-state index is 10.9. The molecule has 128 valence electrons. The second-order valence-electron chi connectivity index (χ2n) is 6.50. The molecule has 3 aromatic rings. The minimum Gasteiger partial charge on any atom is -0.505 e. The summed E-state index contributed by atoms with van der Waals surface area (Å²) >= 11 is 0. The molecule has 1 aliphatic rings. The number of fused-ring (bicyclic) bond motifs is 1. The van der Waals surface area contributed by atoms with Crippen LogP contribution in [0.2, 0.25) is 0 Å². The second-order valence-corrected chi connectivity index (χ2v) is 6.50. The van der Waals surface area contributed by atoms with Gasteiger partial charge in [-0.15, -0.1) is 0 Å². The van der Waals surface area contributed by atoms with Crippen molar-refractivity contribution in [2.75, 3.05) is 20.2 Å². The Bertz CT molecular complexity index is 871. The summed E-state index contributed by atoms with van der Waals surface area (Å²) in [6.07, 6.45) is 4.11. The molecule has 1 fully saturated rings. The van der Waals surface area contributed by atoms with Gasteiger partial charge in [-0.1, -0.05) is 30.3 Å². The first-order valence-corrected chi connectivity index (χ1v) is 8.72. The standard InChI is InChI=1S/C21H22N2O2/c1-25-17-9-6-16(7-10-17)20(23-13-2-3-14-23)18-11-8-15-5-4-12-22-19(15)21(18)24/h4-12,20,24H,2-3,13-14H2,1H3/t20-/m0/s1. The zero-order chi connectivity index (χ0) is 17.2. The summed E-state index contributed by atoms with van der Waals surface area (Å²) in [6, 6.07) is 16.1. The largest absolute Gasteiger partial charge is 0.505 e. The van der Waals surface area contributed by atoms with Gasteiger partial charge in [0.05, 0.1) is 13.2 Å². The zero-order valence-electron chi connectivity index (χ0n) is 14.4. The molecule has 0 spiro atoms. The van der Waals surface area contributed by atoms with E-state index in [1.807, 2.05) is 36.4 Å². The van der Waals surface area contributed by atoms with E-state index in [-0.39, 0.29) is 11.8 Å². The van der Waals surface area contributed by atoms with E-state index in [0.717, 1.165) is 35.4 Å². The maximum absolute atomic E-state index is 10.9. The van der Waals surface area contributed by atoms with Crippen LogP contribution in [-0.4, -0.2) is 35.2 Å². The van der Waals surface area contributed by atoms with Gasteiger partial charge in [-0.25, -0.2) is 0 Å². The van der Waals surface area contributed by atoms with Crippen molar-refractivity contribution < 1.29 is 9.84 Å². The van der Waals surface area contributed by atoms with E-state index in [1.54, 1.807) is 13.3 Å². The average Bonchev–Trinajstić information content (AvgIpc) is 3.19. The molecular weight excluding hydrogens is 312 g/mol. The number of aromatic hydroxyl groups is 1. The molecule has 0 saturated carbocycles. The van der Waals surface area contributed by atoms with E-state index in [9.17, 15) is 5.11 Å². The summed E-state index contributed by atoms with van der Waals surface area (Å²) in [5.74, 6) is 1.12. The summed E-state index contributed by atoms with van der Waals surface area (Å²) in [5, 5.41) is 11.9. The van der Waals surface area contributed by atoms with Gasteiger partial charge in [0.1, 0.15) is 17.0 Å². The molecule has 0 unspecified atom stereocenters. The van der Waals surface area contributed by atoms with E-state index in [0.29, 0.717) is 5.52 Å². The predicted octanol–water partition coefficient (Wildman–Crippen LogP) is 4.13. The highest BCUT2D eigenvalue weighted by Gasteiger charge is 2.28. The number of likely N-dealkylation sites (tertiary alicyclic amines) is 1. The number of benzene rings is 2. The molecule has 0 bridgehead atoms. The number of methoxy groups -OCH3 is 1. The number of aromatic nitrogens is 1. The Morgan fingerprint density at radius 3 is 2.52 bits per heavy atom. The van der Waals surface area contributed by atoms with Gasteiger partial charge >= 0.3 is 0 Å². The molecule has 4 nitrogen and oxygen atoms in total. The SMILES string of the molecule is COc1ccc([C@@H](c2ccc3cccnc3c2O)N2CCCC2)cc1. The number of phenolic OH excluding ortho intramolecular Hbond substituents is 1. The van der Waals surface area contributed by atoms with Crippen molar-refractivity contribution in [2.24, 2.45) is 0 Å². The number of hydrogen-bond donors (Lipinski definition) is 1. The van der Waals surface area contributed by atoms with Gasteiger partial charge in [0, 0.05) is 17.1 Å². The summed E-state index contributed by atoms with van der Waals surface area (Å²) in [5.41, 5.74) is 2.74. The number of pyridine rings is 1. The Hall–Kier alpha value is -2.59. The van der Waals surface area contributed by atoms with E-state index in [2.05, 4.69) is 22.0 Å². The van der Waals surface area contributed by atoms with Crippen LogP contribution in [-0.2, 0) is 0 Å². The van der Waals surface area contributed by atoms with Gasteiger partial charge in [-0.2, -0.15) is 0 Å². The minimum atomic E-state index is 0.0276. The highest BCUT2D eigenvalue weighted by Crippen LogP contribution is 2.39. The Balaban J connectivity index is 1.84. The normalized spacial score (nSPS) is 16.2. The van der Waals surface area contributed by atoms with Crippen LogP contribution in [0.5, 0.6) is 11.5 Å². The number of ether oxygens (including phenoxy) is 1. The van der Waals surface area contributed by atoms with Crippen molar-refractivity contribution in [3.05, 3.63) is 65.9 Å². The topological polar surface area (TPSA) is 45.6 Å². The third kappa shape index (κ3) is 2.94. The van der Waals surface area contributed by atoms with Crippen molar-refractivity contribution in [3.8, 4) is 11.5 Å². The average molecular weight is 334 g/mol. The molecule has 0 amide bonds. The van der Waals surface area contributed by atoms with Crippen molar-refractivity contribution in [2.45, 2.75) is 18.9 Å². The molecule has 1 saturated heterocycles. The van der Waals surface area contributed by atoms with Gasteiger partial charge in [0.2, 0.25) is 0 Å². The number of nitrogens with zero attached hydrogens (tertiary/aromatic N) is 2. The Labute approximate surface area is 147 Å². The molecular formula is C21H22N2O2. The molecule has 4 heteroatoms. The highest BCUT2D eigenvalue weighted by atomic mass is 16.5. The van der Waals surface area contributed by atoms with Gasteiger partial charge in [-0.05, 0) is 49.7 Å². The van der Waals surface area contributed by atoms with Gasteiger partial charge in [0.25, 0.3) is 0 Å². The number of hydrogen-bond acceptors (Lipinski definition) is 4. The zero-order valence-corrected chi connectivity index (χ0v) is 14.4. The molecule has 0 aliphatic carbocycles. The van der Waals surface area contributed by atoms with Gasteiger partial charge in [-0.3, -0.25) is 9.88 Å². The monoisotopic (exact) mass is 334 g/mol. The van der Waals surface area contributed by atoms with Gasteiger partial charge < -0.3 is 9.84 Å². The van der Waals surface area contributed by atoms with Crippen LogP contribution in [0.1, 0.15) is 30.0 Å². The Morgan fingerprint density at radius 2 is 1.80 bits per heavy atom. The number of phenols is 1. The lowest BCUT2D eigenvalue weighted by molar-refractivity contribution is 0.275. The van der Waals surface area contributed by atoms with Crippen LogP contribution in [0.4, 0.5) is 0 Å². The fourth-order valence-corrected chi connectivity index (χ4v) is 3.74. The summed E-state index contributed by atoms with van der Waals surface area (Å²) in [4.78, 5) is 6.82. The molecule has 1 aromatic heterocycles. The summed E-state index contributed by atoms with van der Waals surface area (Å²) in [6.45, 7) is 2.08. The molecule has 1 aliphatic heterocycles. The van der Waals surface area contributed by atoms with Crippen LogP contribution < -0.4 is 4.74 Å². The van der Waals surface area contributed by atoms with Crippen LogP contribution in [0.25, 0.3) is 10.9 Å². The highest BCUT2D eigenvalue weighted by molar-refractivity contribution is 5.85. The van der Waals surface area contributed by atoms with E-state index in [1.165, 1.54) is 12.8 Å². The van der Waals surface area contributed by atoms with Crippen LogP contribution in [0, 0.1) is 0 Å². The van der Waals surface area contributed by atoms with E-state index < -0.39 is 0 Å². The molecule has 1 N–H and O–H groups in total.